The Hall–Kier alpha value is -7.10. The number of hydrogen-bond donors (Lipinski definition) is 7. The highest BCUT2D eigenvalue weighted by atomic mass is 32.2. The van der Waals surface area contributed by atoms with Crippen LogP contribution < -0.4 is 5.73 Å². The lowest BCUT2D eigenvalue weighted by Gasteiger charge is -2.14. The molecule has 7 aromatic rings. The van der Waals surface area contributed by atoms with E-state index in [0.717, 1.165) is 30.3 Å². The predicted molar refractivity (Wildman–Crippen MR) is 226 cm³/mol. The maximum Gasteiger partial charge on any atom is 0.296 e. The van der Waals surface area contributed by atoms with Gasteiger partial charge in [0, 0.05) is 5.39 Å². The summed E-state index contributed by atoms with van der Waals surface area (Å²) in [6.45, 7) is 0. The average molecular weight is 934 g/mol. The van der Waals surface area contributed by atoms with Crippen molar-refractivity contribution in [2.24, 2.45) is 30.7 Å². The minimum absolute atomic E-state index is 0.115. The molecule has 0 saturated carbocycles. The minimum Gasteiger partial charge on any atom is -0.506 e. The SMILES string of the molecule is Nc1c(/N=N/c2ccc(-c3ccc(/N=N/c4c(O)ccc5cc(S(=O)(=O)O)cc(S(=O)(=O)O)c45)cc3)cc2)c(S(=O)(=O)O)cc2cc(S(=O)(=O)O)c(/N=N/c3ccccc3)c(O)c12. The molecule has 0 unspecified atom stereocenters. The summed E-state index contributed by atoms with van der Waals surface area (Å²) in [7, 11) is -20.2. The number of azo groups is 3. The van der Waals surface area contributed by atoms with Gasteiger partial charge in [0.15, 0.2) is 5.75 Å². The molecule has 0 atom stereocenters. The molecule has 0 amide bonds. The molecule has 0 saturated heterocycles. The fraction of sp³-hybridized carbons (Fsp3) is 0. The van der Waals surface area contributed by atoms with Crippen LogP contribution in [0.25, 0.3) is 32.7 Å². The summed E-state index contributed by atoms with van der Waals surface area (Å²) in [5.41, 5.74) is 5.80. The third-order valence-electron chi connectivity index (χ3n) is 9.07. The van der Waals surface area contributed by atoms with Crippen molar-refractivity contribution in [1.29, 1.82) is 0 Å². The fourth-order valence-corrected chi connectivity index (χ4v) is 8.88. The van der Waals surface area contributed by atoms with Gasteiger partial charge >= 0.3 is 0 Å². The first kappa shape index (κ1) is 44.0. The lowest BCUT2D eigenvalue weighted by atomic mass is 10.0. The summed E-state index contributed by atoms with van der Waals surface area (Å²) < 4.78 is 137. The number of phenolic OH excluding ortho intramolecular Hbond substituents is 2. The molecule has 21 nitrogen and oxygen atoms in total. The largest absolute Gasteiger partial charge is 0.506 e. The van der Waals surface area contributed by atoms with Crippen LogP contribution in [0.4, 0.5) is 39.8 Å². The highest BCUT2D eigenvalue weighted by Crippen LogP contribution is 2.48. The Morgan fingerprint density at radius 2 is 0.873 bits per heavy atom. The van der Waals surface area contributed by atoms with Crippen LogP contribution in [0, 0.1) is 0 Å². The molecule has 0 radical (unpaired) electrons. The van der Waals surface area contributed by atoms with E-state index >= 15 is 0 Å². The van der Waals surface area contributed by atoms with Crippen molar-refractivity contribution >= 4 is 102 Å². The van der Waals surface area contributed by atoms with Gasteiger partial charge in [-0.1, -0.05) is 48.5 Å². The van der Waals surface area contributed by atoms with E-state index < -0.39 is 94.3 Å². The first-order valence-corrected chi connectivity index (χ1v) is 23.1. The van der Waals surface area contributed by atoms with Crippen molar-refractivity contribution in [2.45, 2.75) is 19.6 Å². The smallest absolute Gasteiger partial charge is 0.296 e. The summed E-state index contributed by atoms with van der Waals surface area (Å²) >= 11 is 0. The zero-order valence-corrected chi connectivity index (χ0v) is 34.6. The van der Waals surface area contributed by atoms with Gasteiger partial charge in [0.2, 0.25) is 0 Å². The molecule has 0 aliphatic rings. The normalized spacial score (nSPS) is 13.0. The summed E-state index contributed by atoms with van der Waals surface area (Å²) in [4.78, 5) is -3.64. The zero-order chi connectivity index (χ0) is 45.6. The second-order valence-corrected chi connectivity index (χ2v) is 18.8. The van der Waals surface area contributed by atoms with E-state index in [1.807, 2.05) is 0 Å². The molecule has 0 fully saturated rings. The van der Waals surface area contributed by atoms with Crippen molar-refractivity contribution in [2.75, 3.05) is 5.73 Å². The molecule has 8 N–H and O–H groups in total. The summed E-state index contributed by atoms with van der Waals surface area (Å²) in [5.74, 6) is -1.48. The highest BCUT2D eigenvalue weighted by molar-refractivity contribution is 7.87. The standard InChI is InChI=1S/C38H27N7O14S4/c39-34-33-23(18-31(63(57,58)59)37(38(33)47)45-40-24-4-2-1-3-5-24)17-30(62(54,55)56)36(34)44-42-26-13-8-21(9-14-26)20-6-11-25(12-7-20)41-43-35-28(46)15-10-22-16-27(60(48,49)50)19-29(32(22)35)61(51,52)53/h1-19,46-47H,39H2,(H,48,49,50)(H,51,52,53)(H,54,55,56)(H,57,58,59)/b43-41+,44-42+,45-40+. The minimum atomic E-state index is -5.12. The molecule has 63 heavy (non-hydrogen) atoms. The van der Waals surface area contributed by atoms with Crippen molar-refractivity contribution in [3.8, 4) is 22.6 Å². The van der Waals surface area contributed by atoms with Crippen LogP contribution in [0.1, 0.15) is 0 Å². The van der Waals surface area contributed by atoms with Gasteiger partial charge in [-0.15, -0.1) is 15.3 Å². The van der Waals surface area contributed by atoms with E-state index in [0.29, 0.717) is 17.2 Å². The van der Waals surface area contributed by atoms with Crippen molar-refractivity contribution in [3.63, 3.8) is 0 Å². The maximum absolute atomic E-state index is 12.5. The Morgan fingerprint density at radius 1 is 0.413 bits per heavy atom. The topological polar surface area (TPSA) is 358 Å². The second kappa shape index (κ2) is 16.3. The van der Waals surface area contributed by atoms with Crippen LogP contribution in [0.2, 0.25) is 0 Å². The molecule has 0 bridgehead atoms. The van der Waals surface area contributed by atoms with Gasteiger partial charge in [-0.2, -0.15) is 49.0 Å². The van der Waals surface area contributed by atoms with Crippen LogP contribution in [-0.2, 0) is 40.5 Å². The number of benzene rings is 7. The van der Waals surface area contributed by atoms with Crippen molar-refractivity contribution in [1.82, 2.24) is 0 Å². The molecule has 0 aliphatic carbocycles. The van der Waals surface area contributed by atoms with E-state index in [1.165, 1.54) is 36.4 Å². The van der Waals surface area contributed by atoms with E-state index in [1.54, 1.807) is 42.5 Å². The van der Waals surface area contributed by atoms with Gasteiger partial charge in [0.25, 0.3) is 40.5 Å². The number of aromatic hydroxyl groups is 2. The van der Waals surface area contributed by atoms with Crippen LogP contribution in [0.5, 0.6) is 11.5 Å². The van der Waals surface area contributed by atoms with E-state index in [2.05, 4.69) is 30.7 Å². The van der Waals surface area contributed by atoms with Crippen LogP contribution in [0.3, 0.4) is 0 Å². The molecule has 0 heterocycles. The fourth-order valence-electron chi connectivity index (χ4n) is 6.19. The molecular weight excluding hydrogens is 907 g/mol. The van der Waals surface area contributed by atoms with Crippen LogP contribution in [-0.4, -0.2) is 62.1 Å². The molecule has 0 aromatic heterocycles. The molecular formula is C38H27N7O14S4. The first-order chi connectivity index (χ1) is 29.5. The lowest BCUT2D eigenvalue weighted by molar-refractivity contribution is 0.472. The molecule has 25 heteroatoms. The maximum atomic E-state index is 12.5. The Morgan fingerprint density at radius 3 is 1.37 bits per heavy atom. The zero-order valence-electron chi connectivity index (χ0n) is 31.3. The third kappa shape index (κ3) is 9.25. The second-order valence-electron chi connectivity index (χ2n) is 13.2. The predicted octanol–water partition coefficient (Wildman–Crippen LogP) is 8.89. The third-order valence-corrected chi connectivity index (χ3v) is 12.5. The molecule has 0 aliphatic heterocycles. The Balaban J connectivity index is 1.19. The Labute approximate surface area is 356 Å². The van der Waals surface area contributed by atoms with E-state index in [9.17, 15) is 62.1 Å². The van der Waals surface area contributed by atoms with Crippen molar-refractivity contribution in [3.05, 3.63) is 115 Å². The quantitative estimate of drug-likeness (QED) is 0.0361. The summed E-state index contributed by atoms with van der Waals surface area (Å²) in [6.07, 6.45) is 0. The van der Waals surface area contributed by atoms with Gasteiger partial charge in [0.1, 0.15) is 37.5 Å². The number of nitrogens with two attached hydrogens (primary N) is 1. The number of nitrogen functional groups attached to an aromatic ring is 1. The Bertz CT molecular complexity index is 3570. The number of rotatable bonds is 11. The summed E-state index contributed by atoms with van der Waals surface area (Å²) in [6, 6.07) is 25.6. The van der Waals surface area contributed by atoms with Crippen LogP contribution in [0.15, 0.2) is 166 Å². The van der Waals surface area contributed by atoms with Gasteiger partial charge < -0.3 is 15.9 Å². The van der Waals surface area contributed by atoms with Crippen LogP contribution >= 0.6 is 0 Å². The first-order valence-electron chi connectivity index (χ1n) is 17.3. The van der Waals surface area contributed by atoms with Gasteiger partial charge in [0.05, 0.1) is 33.0 Å². The number of nitrogens with zero attached hydrogens (tertiary/aromatic N) is 6. The lowest BCUT2D eigenvalue weighted by Crippen LogP contribution is -2.04. The molecule has 0 spiro atoms. The highest BCUT2D eigenvalue weighted by Gasteiger charge is 2.28. The monoisotopic (exact) mass is 933 g/mol. The number of phenols is 2. The number of anilines is 1. The van der Waals surface area contributed by atoms with E-state index in [4.69, 9.17) is 5.73 Å². The Kier molecular flexibility index (Phi) is 11.4. The molecule has 7 rings (SSSR count). The van der Waals surface area contributed by atoms with Gasteiger partial charge in [-0.05, 0) is 88.6 Å². The van der Waals surface area contributed by atoms with Gasteiger partial charge in [-0.25, -0.2) is 0 Å². The summed E-state index contributed by atoms with van der Waals surface area (Å²) in [5, 5.41) is 44.3. The average Bonchev–Trinajstić information content (AvgIpc) is 3.21. The molecule has 322 valence electrons. The molecule has 7 aromatic carbocycles. The van der Waals surface area contributed by atoms with E-state index in [-0.39, 0.29) is 38.6 Å². The number of fused-ring (bicyclic) bond motifs is 2. The van der Waals surface area contributed by atoms with Crippen molar-refractivity contribution < 1.29 is 62.1 Å². The van der Waals surface area contributed by atoms with Gasteiger partial charge in [-0.3, -0.25) is 18.2 Å². The number of hydrogen-bond acceptors (Lipinski definition) is 17.